The number of rotatable bonds is 6. The van der Waals surface area contributed by atoms with Gasteiger partial charge in [-0.2, -0.15) is 4.98 Å². The Balaban J connectivity index is 1.35. The highest BCUT2D eigenvalue weighted by Gasteiger charge is 2.42. The molecule has 3 aromatic heterocycles. The lowest BCUT2D eigenvalue weighted by Crippen LogP contribution is -2.44. The molecule has 0 saturated heterocycles. The Morgan fingerprint density at radius 1 is 1.02 bits per heavy atom. The number of anilines is 1. The van der Waals surface area contributed by atoms with Gasteiger partial charge in [0.15, 0.2) is 0 Å². The molecule has 1 N–H and O–H groups in total. The zero-order chi connectivity index (χ0) is 33.8. The smallest absolute Gasteiger partial charge is 0.264 e. The van der Waals surface area contributed by atoms with Gasteiger partial charge < -0.3 is 14.1 Å². The summed E-state index contributed by atoms with van der Waals surface area (Å²) in [6, 6.07) is 15.2. The highest BCUT2D eigenvalue weighted by molar-refractivity contribution is 7.92. The molecule has 1 fully saturated rings. The number of carbonyl (C=O) groups excluding carboxylic acids is 1. The summed E-state index contributed by atoms with van der Waals surface area (Å²) in [6.07, 6.45) is 4.38. The van der Waals surface area contributed by atoms with Gasteiger partial charge in [0.2, 0.25) is 17.5 Å². The predicted molar refractivity (Wildman–Crippen MR) is 181 cm³/mol. The van der Waals surface area contributed by atoms with Crippen molar-refractivity contribution in [2.24, 2.45) is 5.41 Å². The van der Waals surface area contributed by atoms with Gasteiger partial charge in [0.1, 0.15) is 17.9 Å². The van der Waals surface area contributed by atoms with E-state index in [2.05, 4.69) is 26.6 Å². The molecule has 1 amide bonds. The minimum Gasteiger partial charge on any atom is -0.475 e. The minimum absolute atomic E-state index is 0.0415. The zero-order valence-electron chi connectivity index (χ0n) is 27.6. The van der Waals surface area contributed by atoms with Gasteiger partial charge in [-0.3, -0.25) is 4.79 Å². The fourth-order valence-corrected chi connectivity index (χ4v) is 7.23. The maximum absolute atomic E-state index is 14.5. The second-order valence-electron chi connectivity index (χ2n) is 13.6. The van der Waals surface area contributed by atoms with Crippen molar-refractivity contribution in [2.75, 3.05) is 11.3 Å². The third-order valence-corrected chi connectivity index (χ3v) is 10.5. The van der Waals surface area contributed by atoms with Crippen LogP contribution in [0, 0.1) is 19.3 Å². The molecule has 1 aliphatic heterocycles. The maximum Gasteiger partial charge on any atom is 0.264 e. The summed E-state index contributed by atoms with van der Waals surface area (Å²) >= 11 is 0. The number of carbonyl (C=O) groups is 1. The lowest BCUT2D eigenvalue weighted by molar-refractivity contribution is 0.0537. The van der Waals surface area contributed by atoms with Crippen LogP contribution in [0.3, 0.4) is 0 Å². The fraction of sp³-hybridized carbons (Fsp3) is 0.361. The van der Waals surface area contributed by atoms with E-state index in [1.807, 2.05) is 52.0 Å². The summed E-state index contributed by atoms with van der Waals surface area (Å²) in [4.78, 5) is 34.5. The maximum atomic E-state index is 14.5. The van der Waals surface area contributed by atoms with Crippen LogP contribution in [-0.2, 0) is 16.6 Å². The topological polar surface area (TPSA) is 140 Å². The van der Waals surface area contributed by atoms with E-state index in [1.165, 1.54) is 12.1 Å². The first kappa shape index (κ1) is 31.7. The highest BCUT2D eigenvalue weighted by Crippen LogP contribution is 2.49. The van der Waals surface area contributed by atoms with Crippen molar-refractivity contribution < 1.29 is 22.4 Å². The van der Waals surface area contributed by atoms with Crippen molar-refractivity contribution in [2.45, 2.75) is 77.3 Å². The van der Waals surface area contributed by atoms with E-state index in [1.54, 1.807) is 29.3 Å². The van der Waals surface area contributed by atoms with Crippen molar-refractivity contribution in [1.82, 2.24) is 24.8 Å². The molecule has 0 radical (unpaired) electrons. The summed E-state index contributed by atoms with van der Waals surface area (Å²) in [7, 11) is -4.17. The number of fused-ring (bicyclic) bond motifs is 5. The minimum atomic E-state index is -4.17. The van der Waals surface area contributed by atoms with Crippen LogP contribution in [0.25, 0.3) is 22.5 Å². The summed E-state index contributed by atoms with van der Waals surface area (Å²) in [5, 5.41) is 0. The Labute approximate surface area is 279 Å². The first-order valence-corrected chi connectivity index (χ1v) is 17.6. The molecule has 12 heteroatoms. The van der Waals surface area contributed by atoms with Crippen LogP contribution in [0.1, 0.15) is 78.9 Å². The van der Waals surface area contributed by atoms with E-state index in [0.717, 1.165) is 35.3 Å². The molecule has 248 valence electrons. The number of ether oxygens (including phenoxy) is 1. The lowest BCUT2D eigenvalue weighted by atomic mass is 9.97. The molecular formula is C36H38N6O5S. The zero-order valence-corrected chi connectivity index (χ0v) is 28.5. The first-order valence-electron chi connectivity index (χ1n) is 16.2. The Bertz CT molecular complexity index is 2140. The van der Waals surface area contributed by atoms with Crippen LogP contribution < -0.4 is 9.46 Å². The Kier molecular flexibility index (Phi) is 7.93. The molecule has 4 heterocycles. The average molecular weight is 667 g/mol. The molecule has 4 bridgehead atoms. The number of aromatic nitrogens is 4. The van der Waals surface area contributed by atoms with E-state index in [0.29, 0.717) is 29.0 Å². The first-order chi connectivity index (χ1) is 22.9. The van der Waals surface area contributed by atoms with Gasteiger partial charge in [0.05, 0.1) is 35.1 Å². The quantitative estimate of drug-likeness (QED) is 0.207. The number of nitrogens with one attached hydrogen (secondary N) is 1. The molecule has 2 aliphatic rings. The Hall–Kier alpha value is -4.84. The third-order valence-electron chi connectivity index (χ3n) is 9.22. The van der Waals surface area contributed by atoms with E-state index in [4.69, 9.17) is 14.1 Å². The largest absolute Gasteiger partial charge is 0.475 e. The molecule has 1 saturated carbocycles. The van der Waals surface area contributed by atoms with E-state index in [9.17, 15) is 13.2 Å². The second-order valence-corrected chi connectivity index (χ2v) is 15.3. The normalized spacial score (nSPS) is 18.4. The van der Waals surface area contributed by atoms with E-state index < -0.39 is 16.1 Å². The summed E-state index contributed by atoms with van der Waals surface area (Å²) in [5.41, 5.74) is 5.25. The van der Waals surface area contributed by atoms with Crippen molar-refractivity contribution in [1.29, 1.82) is 0 Å². The van der Waals surface area contributed by atoms with Gasteiger partial charge in [-0.05, 0) is 67.9 Å². The standard InChI is InChI=1S/C36H38N6O5S/c1-21(2)30-15-29-33(47-30)37-18-25(38-29)19-42-26(17-36(5)12-13-36)20-46-31-16-28(32-22(3)8-6-9-23(32)4)39-35(40-31)41-48(44,45)27-11-7-10-24(14-27)34(42)43/h6-11,14-16,18,21,26H,12-13,17,19-20H2,1-5H3,(H,39,40,41)/t26-/m1/s1. The van der Waals surface area contributed by atoms with Gasteiger partial charge in [0, 0.05) is 29.2 Å². The molecular weight excluding hydrogens is 629 g/mol. The molecule has 2 aromatic carbocycles. The molecule has 1 atom stereocenters. The molecule has 0 unspecified atom stereocenters. The van der Waals surface area contributed by atoms with Crippen molar-refractivity contribution in [3.8, 4) is 17.1 Å². The van der Waals surface area contributed by atoms with Crippen molar-refractivity contribution >= 4 is 33.1 Å². The van der Waals surface area contributed by atoms with E-state index in [-0.39, 0.29) is 52.7 Å². The Morgan fingerprint density at radius 2 is 1.77 bits per heavy atom. The van der Waals surface area contributed by atoms with Gasteiger partial charge in [-0.15, -0.1) is 0 Å². The lowest BCUT2D eigenvalue weighted by Gasteiger charge is -2.33. The molecule has 1 aliphatic carbocycles. The van der Waals surface area contributed by atoms with Crippen LogP contribution in [0.5, 0.6) is 5.88 Å². The number of nitrogens with zero attached hydrogens (tertiary/aromatic N) is 5. The van der Waals surface area contributed by atoms with Crippen LogP contribution in [0.4, 0.5) is 5.95 Å². The van der Waals surface area contributed by atoms with Gasteiger partial charge >= 0.3 is 0 Å². The monoisotopic (exact) mass is 666 g/mol. The second kappa shape index (κ2) is 12.0. The van der Waals surface area contributed by atoms with Crippen molar-refractivity contribution in [3.63, 3.8) is 0 Å². The van der Waals surface area contributed by atoms with E-state index >= 15 is 0 Å². The van der Waals surface area contributed by atoms with Gasteiger partial charge in [0.25, 0.3) is 15.9 Å². The Morgan fingerprint density at radius 3 is 2.50 bits per heavy atom. The number of aryl methyl sites for hydroxylation is 2. The van der Waals surface area contributed by atoms with Crippen LogP contribution in [0.15, 0.2) is 70.1 Å². The predicted octanol–water partition coefficient (Wildman–Crippen LogP) is 6.81. The summed E-state index contributed by atoms with van der Waals surface area (Å²) < 4.78 is 42.2. The van der Waals surface area contributed by atoms with Crippen LogP contribution in [-0.4, -0.2) is 51.8 Å². The third kappa shape index (κ3) is 6.36. The number of amides is 1. The van der Waals surface area contributed by atoms with Gasteiger partial charge in [-0.1, -0.05) is 45.0 Å². The van der Waals surface area contributed by atoms with Crippen molar-refractivity contribution in [3.05, 3.63) is 88.9 Å². The SMILES string of the molecule is Cc1cccc(C)c1-c1cc2nc(n1)NS(=O)(=O)c1cccc(c1)C(=O)N(Cc1cnc3oc(C(C)C)cc3n1)[C@H](CC1(C)CC1)CO2. The summed E-state index contributed by atoms with van der Waals surface area (Å²) in [6.45, 7) is 10.5. The number of furan rings is 1. The molecule has 5 aromatic rings. The number of sulfonamides is 1. The molecule has 7 rings (SSSR count). The summed E-state index contributed by atoms with van der Waals surface area (Å²) in [5.74, 6) is 0.694. The fourth-order valence-electron chi connectivity index (χ4n) is 6.24. The highest BCUT2D eigenvalue weighted by atomic mass is 32.2. The van der Waals surface area contributed by atoms with Crippen LogP contribution in [0.2, 0.25) is 0 Å². The van der Waals surface area contributed by atoms with Crippen LogP contribution >= 0.6 is 0 Å². The number of benzene rings is 2. The number of hydrogen-bond donors (Lipinski definition) is 1. The molecule has 48 heavy (non-hydrogen) atoms. The average Bonchev–Trinajstić information content (AvgIpc) is 3.61. The number of hydrogen-bond acceptors (Lipinski definition) is 9. The molecule has 0 spiro atoms. The van der Waals surface area contributed by atoms with Gasteiger partial charge in [-0.25, -0.2) is 28.1 Å². The molecule has 11 nitrogen and oxygen atoms in total.